The lowest BCUT2D eigenvalue weighted by Gasteiger charge is -2.11. The van der Waals surface area contributed by atoms with Gasteiger partial charge in [-0.3, -0.25) is 4.79 Å². The third-order valence-electron chi connectivity index (χ3n) is 4.66. The summed E-state index contributed by atoms with van der Waals surface area (Å²) in [6.07, 6.45) is 1.41. The minimum atomic E-state index is -0.599. The number of nitrogens with two attached hydrogens (primary N) is 1. The molecule has 4 aromatic rings. The Balaban J connectivity index is 1.44. The Morgan fingerprint density at radius 2 is 2.09 bits per heavy atom. The second kappa shape index (κ2) is 9.77. The molecule has 174 valence electrons. The highest BCUT2D eigenvalue weighted by Gasteiger charge is 2.22. The van der Waals surface area contributed by atoms with E-state index in [9.17, 15) is 9.18 Å². The van der Waals surface area contributed by atoms with Gasteiger partial charge in [-0.25, -0.2) is 14.4 Å². The molecule has 0 radical (unpaired) electrons. The lowest BCUT2D eigenvalue weighted by Crippen LogP contribution is -2.22. The number of halogens is 1. The van der Waals surface area contributed by atoms with Crippen molar-refractivity contribution in [1.82, 2.24) is 30.7 Å². The highest BCUT2D eigenvalue weighted by Crippen LogP contribution is 2.28. The largest absolute Gasteiger partial charge is 0.493 e. The van der Waals surface area contributed by atoms with Crippen molar-refractivity contribution in [2.24, 2.45) is 5.10 Å². The van der Waals surface area contributed by atoms with E-state index in [4.69, 9.17) is 15.2 Å². The number of hydrogen-bond acceptors (Lipinski definition) is 10. The van der Waals surface area contributed by atoms with Crippen LogP contribution in [0.15, 0.2) is 52.2 Å². The number of nitrogens with one attached hydrogen (secondary N) is 1. The zero-order valence-corrected chi connectivity index (χ0v) is 18.1. The normalized spacial score (nSPS) is 11.0. The number of nitrogen functional groups attached to an aromatic ring is 1. The zero-order valence-electron chi connectivity index (χ0n) is 18.1. The number of carbonyl (C=O) groups excluding carboxylic acids is 1. The SMILES string of the molecule is COc1cc(/C=N/NC(=O)c2c(C)nnn2-c2nonc2N)ccc1OCc1ccccc1F. The lowest BCUT2D eigenvalue weighted by molar-refractivity contribution is 0.0946. The summed E-state index contributed by atoms with van der Waals surface area (Å²) in [5.41, 5.74) is 9.49. The van der Waals surface area contributed by atoms with Crippen LogP contribution in [0.5, 0.6) is 11.5 Å². The molecular weight excluding hydrogens is 447 g/mol. The van der Waals surface area contributed by atoms with Gasteiger partial charge in [-0.2, -0.15) is 9.78 Å². The van der Waals surface area contributed by atoms with Crippen LogP contribution in [0, 0.1) is 12.7 Å². The lowest BCUT2D eigenvalue weighted by atomic mass is 10.2. The van der Waals surface area contributed by atoms with Crippen LogP contribution >= 0.6 is 0 Å². The molecule has 3 N–H and O–H groups in total. The molecule has 2 heterocycles. The summed E-state index contributed by atoms with van der Waals surface area (Å²) < 4.78 is 30.5. The summed E-state index contributed by atoms with van der Waals surface area (Å²) in [5.74, 6) is -0.124. The minimum absolute atomic E-state index is 0.0328. The zero-order chi connectivity index (χ0) is 24.1. The molecule has 12 nitrogen and oxygen atoms in total. The molecule has 0 aliphatic rings. The van der Waals surface area contributed by atoms with Gasteiger partial charge in [-0.05, 0) is 47.1 Å². The number of carbonyl (C=O) groups is 1. The van der Waals surface area contributed by atoms with E-state index >= 15 is 0 Å². The van der Waals surface area contributed by atoms with Crippen LogP contribution in [0.2, 0.25) is 0 Å². The number of hydrogen-bond donors (Lipinski definition) is 2. The van der Waals surface area contributed by atoms with E-state index < -0.39 is 5.91 Å². The number of aromatic nitrogens is 5. The number of hydrazone groups is 1. The van der Waals surface area contributed by atoms with E-state index in [2.05, 4.69) is 35.8 Å². The number of ether oxygens (including phenoxy) is 2. The van der Waals surface area contributed by atoms with Crippen LogP contribution < -0.4 is 20.6 Å². The van der Waals surface area contributed by atoms with Gasteiger partial charge in [0.15, 0.2) is 17.2 Å². The number of nitrogens with zero attached hydrogens (tertiary/aromatic N) is 6. The van der Waals surface area contributed by atoms with Gasteiger partial charge in [-0.15, -0.1) is 5.10 Å². The van der Waals surface area contributed by atoms with E-state index in [-0.39, 0.29) is 29.8 Å². The number of amides is 1. The average Bonchev–Trinajstić information content (AvgIpc) is 3.43. The summed E-state index contributed by atoms with van der Waals surface area (Å²) in [6, 6.07) is 11.4. The molecule has 34 heavy (non-hydrogen) atoms. The fourth-order valence-electron chi connectivity index (χ4n) is 2.98. The van der Waals surface area contributed by atoms with Crippen molar-refractivity contribution < 1.29 is 23.3 Å². The Morgan fingerprint density at radius 1 is 1.26 bits per heavy atom. The highest BCUT2D eigenvalue weighted by molar-refractivity contribution is 5.94. The van der Waals surface area contributed by atoms with Gasteiger partial charge in [0, 0.05) is 5.56 Å². The molecule has 0 aliphatic heterocycles. The van der Waals surface area contributed by atoms with Gasteiger partial charge in [0.05, 0.1) is 19.0 Å². The molecule has 1 amide bonds. The topological polar surface area (TPSA) is 156 Å². The second-order valence-corrected chi connectivity index (χ2v) is 6.90. The summed E-state index contributed by atoms with van der Waals surface area (Å²) in [5, 5.41) is 18.7. The fraction of sp³-hybridized carbons (Fsp3) is 0.143. The molecule has 0 saturated carbocycles. The van der Waals surface area contributed by atoms with Gasteiger partial charge in [0.2, 0.25) is 11.6 Å². The third-order valence-corrected chi connectivity index (χ3v) is 4.66. The molecule has 2 aromatic heterocycles. The Morgan fingerprint density at radius 3 is 2.82 bits per heavy atom. The van der Waals surface area contributed by atoms with Gasteiger partial charge < -0.3 is 15.2 Å². The highest BCUT2D eigenvalue weighted by atomic mass is 19.1. The Bertz CT molecular complexity index is 1350. The maximum absolute atomic E-state index is 13.8. The van der Waals surface area contributed by atoms with Gasteiger partial charge in [0.25, 0.3) is 5.91 Å². The maximum atomic E-state index is 13.8. The van der Waals surface area contributed by atoms with Crippen molar-refractivity contribution in [2.45, 2.75) is 13.5 Å². The Labute approximate surface area is 192 Å². The van der Waals surface area contributed by atoms with E-state index in [0.717, 1.165) is 4.68 Å². The standard InChI is InChI=1S/C21H19FN8O4/c1-12-18(30(29-25-12)20-19(23)27-34-28-20)21(31)26-24-10-13-7-8-16(17(9-13)32-2)33-11-14-5-3-4-6-15(14)22/h3-10H,11H2,1-2H3,(H2,23,27)(H,26,31)/b24-10+. The fourth-order valence-corrected chi connectivity index (χ4v) is 2.98. The van der Waals surface area contributed by atoms with Crippen LogP contribution in [0.1, 0.15) is 27.3 Å². The molecule has 0 fully saturated rings. The average molecular weight is 466 g/mol. The van der Waals surface area contributed by atoms with E-state index in [1.54, 1.807) is 43.3 Å². The van der Waals surface area contributed by atoms with Crippen LogP contribution in [0.25, 0.3) is 5.82 Å². The molecule has 4 rings (SSSR count). The smallest absolute Gasteiger partial charge is 0.292 e. The maximum Gasteiger partial charge on any atom is 0.292 e. The first-order valence-electron chi connectivity index (χ1n) is 9.86. The first-order chi connectivity index (χ1) is 16.5. The minimum Gasteiger partial charge on any atom is -0.493 e. The summed E-state index contributed by atoms with van der Waals surface area (Å²) in [6.45, 7) is 1.63. The first-order valence-corrected chi connectivity index (χ1v) is 9.86. The third kappa shape index (κ3) is 4.67. The molecule has 0 atom stereocenters. The van der Waals surface area contributed by atoms with E-state index in [0.29, 0.717) is 28.3 Å². The number of aryl methyl sites for hydroxylation is 1. The van der Waals surface area contributed by atoms with E-state index in [1.807, 2.05) is 0 Å². The molecule has 0 aliphatic carbocycles. The van der Waals surface area contributed by atoms with Crippen molar-refractivity contribution >= 4 is 17.9 Å². The van der Waals surface area contributed by atoms with Gasteiger partial charge in [0.1, 0.15) is 12.4 Å². The predicted molar refractivity (Wildman–Crippen MR) is 117 cm³/mol. The molecule has 13 heteroatoms. The Kier molecular flexibility index (Phi) is 6.43. The monoisotopic (exact) mass is 466 g/mol. The van der Waals surface area contributed by atoms with Crippen molar-refractivity contribution in [3.05, 3.63) is 70.8 Å². The van der Waals surface area contributed by atoms with Crippen molar-refractivity contribution in [1.29, 1.82) is 0 Å². The molecule has 0 unspecified atom stereocenters. The number of benzene rings is 2. The van der Waals surface area contributed by atoms with Gasteiger partial charge >= 0.3 is 0 Å². The molecule has 2 aromatic carbocycles. The Hall–Kier alpha value is -4.81. The molecule has 0 bridgehead atoms. The van der Waals surface area contributed by atoms with Crippen molar-refractivity contribution in [2.75, 3.05) is 12.8 Å². The van der Waals surface area contributed by atoms with Crippen LogP contribution in [-0.2, 0) is 6.61 Å². The summed E-state index contributed by atoms with van der Waals surface area (Å²) >= 11 is 0. The van der Waals surface area contributed by atoms with Crippen LogP contribution in [-0.4, -0.2) is 44.5 Å². The number of anilines is 1. The number of methoxy groups -OCH3 is 1. The quantitative estimate of drug-likeness (QED) is 0.293. The van der Waals surface area contributed by atoms with Crippen LogP contribution in [0.3, 0.4) is 0 Å². The van der Waals surface area contributed by atoms with E-state index in [1.165, 1.54) is 19.4 Å². The predicted octanol–water partition coefficient (Wildman–Crippen LogP) is 2.03. The second-order valence-electron chi connectivity index (χ2n) is 6.90. The van der Waals surface area contributed by atoms with Crippen LogP contribution in [0.4, 0.5) is 10.2 Å². The number of rotatable bonds is 8. The van der Waals surface area contributed by atoms with Gasteiger partial charge in [-0.1, -0.05) is 23.4 Å². The summed E-state index contributed by atoms with van der Waals surface area (Å²) in [4.78, 5) is 12.6. The summed E-state index contributed by atoms with van der Waals surface area (Å²) in [7, 11) is 1.48. The molecule has 0 saturated heterocycles. The first kappa shape index (κ1) is 22.4. The van der Waals surface area contributed by atoms with Crippen molar-refractivity contribution in [3.63, 3.8) is 0 Å². The molecular formula is C21H19FN8O4. The van der Waals surface area contributed by atoms with Crippen molar-refractivity contribution in [3.8, 4) is 17.3 Å². The molecule has 0 spiro atoms.